The molecular formula is C22H21N3O6S. The normalized spacial score (nSPS) is 17.8. The Morgan fingerprint density at radius 1 is 1.09 bits per heavy atom. The largest absolute Gasteiger partial charge is 0.504 e. The molecule has 2 aliphatic rings. The van der Waals surface area contributed by atoms with Crippen molar-refractivity contribution >= 4 is 46.3 Å². The zero-order valence-corrected chi connectivity index (χ0v) is 17.8. The summed E-state index contributed by atoms with van der Waals surface area (Å²) >= 11 is 0.713. The van der Waals surface area contributed by atoms with Gasteiger partial charge < -0.3 is 25.2 Å². The van der Waals surface area contributed by atoms with Gasteiger partial charge in [-0.3, -0.25) is 19.3 Å². The van der Waals surface area contributed by atoms with Gasteiger partial charge >= 0.3 is 0 Å². The number of nitrogens with zero attached hydrogens (tertiary/aromatic N) is 2. The molecule has 4 rings (SSSR count). The molecule has 2 heterocycles. The fourth-order valence-electron chi connectivity index (χ4n) is 3.41. The minimum Gasteiger partial charge on any atom is -0.504 e. The molecule has 2 aromatic carbocycles. The predicted molar refractivity (Wildman–Crippen MR) is 121 cm³/mol. The van der Waals surface area contributed by atoms with Crippen LogP contribution in [-0.4, -0.2) is 65.0 Å². The van der Waals surface area contributed by atoms with Crippen molar-refractivity contribution in [1.29, 1.82) is 0 Å². The van der Waals surface area contributed by atoms with Crippen LogP contribution in [0.15, 0.2) is 47.4 Å². The van der Waals surface area contributed by atoms with Gasteiger partial charge in [-0.05, 0) is 47.7 Å². The maximum absolute atomic E-state index is 12.7. The number of anilines is 2. The van der Waals surface area contributed by atoms with Gasteiger partial charge in [0, 0.05) is 13.1 Å². The maximum Gasteiger partial charge on any atom is 0.294 e. The number of para-hydroxylation sites is 2. The van der Waals surface area contributed by atoms with E-state index in [1.807, 2.05) is 12.1 Å². The number of carbonyl (C=O) groups excluding carboxylic acids is 3. The standard InChI is InChI=1S/C22H21N3O6S/c26-17-6-5-14(11-18(17)27)12-19-21(29)25(22(30)32-19)13-20(28)23-15-3-1-2-4-16(15)24-7-9-31-10-8-24/h1-6,11-12,26-27H,7-10,13H2,(H,23,28). The highest BCUT2D eigenvalue weighted by molar-refractivity contribution is 8.18. The van der Waals surface area contributed by atoms with Crippen LogP contribution in [0.2, 0.25) is 0 Å². The molecule has 9 nitrogen and oxygen atoms in total. The first-order valence-electron chi connectivity index (χ1n) is 9.91. The van der Waals surface area contributed by atoms with E-state index < -0.39 is 23.6 Å². The summed E-state index contributed by atoms with van der Waals surface area (Å²) in [6.45, 7) is 2.19. The summed E-state index contributed by atoms with van der Waals surface area (Å²) in [6, 6.07) is 11.4. The second-order valence-corrected chi connectivity index (χ2v) is 8.17. The number of morpholine rings is 1. The van der Waals surface area contributed by atoms with E-state index in [1.54, 1.807) is 12.1 Å². The molecule has 0 radical (unpaired) electrons. The quantitative estimate of drug-likeness (QED) is 0.465. The van der Waals surface area contributed by atoms with Crippen LogP contribution in [0.4, 0.5) is 16.2 Å². The molecule has 10 heteroatoms. The van der Waals surface area contributed by atoms with Crippen molar-refractivity contribution in [1.82, 2.24) is 4.90 Å². The van der Waals surface area contributed by atoms with Crippen molar-refractivity contribution in [2.24, 2.45) is 0 Å². The number of aromatic hydroxyl groups is 2. The topological polar surface area (TPSA) is 119 Å². The van der Waals surface area contributed by atoms with E-state index >= 15 is 0 Å². The molecule has 0 unspecified atom stereocenters. The van der Waals surface area contributed by atoms with Gasteiger partial charge in [0.2, 0.25) is 5.91 Å². The molecule has 166 valence electrons. The zero-order chi connectivity index (χ0) is 22.7. The third-order valence-corrected chi connectivity index (χ3v) is 5.91. The summed E-state index contributed by atoms with van der Waals surface area (Å²) < 4.78 is 5.37. The lowest BCUT2D eigenvalue weighted by atomic mass is 10.2. The molecule has 0 aliphatic carbocycles. The Hall–Kier alpha value is -3.50. The predicted octanol–water partition coefficient (Wildman–Crippen LogP) is 2.61. The number of benzene rings is 2. The highest BCUT2D eigenvalue weighted by Crippen LogP contribution is 2.34. The molecule has 2 aromatic rings. The molecular weight excluding hydrogens is 434 g/mol. The van der Waals surface area contributed by atoms with Crippen LogP contribution in [0.25, 0.3) is 6.08 Å². The molecule has 2 fully saturated rings. The fourth-order valence-corrected chi connectivity index (χ4v) is 4.25. The lowest BCUT2D eigenvalue weighted by Gasteiger charge is -2.30. The van der Waals surface area contributed by atoms with Gasteiger partial charge in [0.1, 0.15) is 6.54 Å². The maximum atomic E-state index is 12.7. The Bertz CT molecular complexity index is 1100. The number of ether oxygens (including phenoxy) is 1. The van der Waals surface area contributed by atoms with Gasteiger partial charge in [0.25, 0.3) is 11.1 Å². The molecule has 3 amide bonds. The summed E-state index contributed by atoms with van der Waals surface area (Å²) in [5, 5.41) is 21.3. The number of phenolic OH excluding ortho intramolecular Hbond substituents is 2. The number of hydrogen-bond donors (Lipinski definition) is 3. The first-order valence-corrected chi connectivity index (χ1v) is 10.7. The summed E-state index contributed by atoms with van der Waals surface area (Å²) in [6.07, 6.45) is 1.43. The van der Waals surface area contributed by atoms with Crippen molar-refractivity contribution in [2.75, 3.05) is 43.1 Å². The van der Waals surface area contributed by atoms with Gasteiger partial charge in [0.15, 0.2) is 11.5 Å². The minimum atomic E-state index is -0.593. The van der Waals surface area contributed by atoms with Crippen LogP contribution in [-0.2, 0) is 14.3 Å². The average molecular weight is 455 g/mol. The lowest BCUT2D eigenvalue weighted by Crippen LogP contribution is -2.38. The number of imide groups is 1. The van der Waals surface area contributed by atoms with Crippen LogP contribution in [0, 0.1) is 0 Å². The van der Waals surface area contributed by atoms with Crippen LogP contribution in [0.3, 0.4) is 0 Å². The Labute approximate surface area is 188 Å². The van der Waals surface area contributed by atoms with Crippen molar-refractivity contribution < 1.29 is 29.3 Å². The van der Waals surface area contributed by atoms with E-state index in [0.717, 1.165) is 10.6 Å². The Morgan fingerprint density at radius 3 is 2.59 bits per heavy atom. The van der Waals surface area contributed by atoms with E-state index in [2.05, 4.69) is 10.2 Å². The van der Waals surface area contributed by atoms with Crippen molar-refractivity contribution in [2.45, 2.75) is 0 Å². The summed E-state index contributed by atoms with van der Waals surface area (Å²) in [5.74, 6) is -1.71. The van der Waals surface area contributed by atoms with Crippen LogP contribution < -0.4 is 10.2 Å². The van der Waals surface area contributed by atoms with Crippen molar-refractivity contribution in [3.63, 3.8) is 0 Å². The molecule has 32 heavy (non-hydrogen) atoms. The van der Waals surface area contributed by atoms with Crippen LogP contribution >= 0.6 is 11.8 Å². The van der Waals surface area contributed by atoms with Gasteiger partial charge in [-0.1, -0.05) is 18.2 Å². The zero-order valence-electron chi connectivity index (χ0n) is 17.0. The lowest BCUT2D eigenvalue weighted by molar-refractivity contribution is -0.127. The summed E-state index contributed by atoms with van der Waals surface area (Å²) in [5.41, 5.74) is 1.89. The van der Waals surface area contributed by atoms with Crippen molar-refractivity contribution in [3.05, 3.63) is 52.9 Å². The minimum absolute atomic E-state index is 0.126. The Morgan fingerprint density at radius 2 is 1.84 bits per heavy atom. The van der Waals surface area contributed by atoms with Crippen LogP contribution in [0.1, 0.15) is 5.56 Å². The number of carbonyl (C=O) groups is 3. The number of amides is 3. The SMILES string of the molecule is O=C(CN1C(=O)SC(=Cc2ccc(O)c(O)c2)C1=O)Nc1ccccc1N1CCOCC1. The number of phenols is 2. The Balaban J connectivity index is 1.45. The highest BCUT2D eigenvalue weighted by Gasteiger charge is 2.36. The molecule has 0 aromatic heterocycles. The second kappa shape index (κ2) is 9.33. The highest BCUT2D eigenvalue weighted by atomic mass is 32.2. The molecule has 0 atom stereocenters. The van der Waals surface area contributed by atoms with Gasteiger partial charge in [-0.2, -0.15) is 0 Å². The first kappa shape index (κ1) is 21.7. The van der Waals surface area contributed by atoms with E-state index in [0.29, 0.717) is 49.3 Å². The number of nitrogens with one attached hydrogen (secondary N) is 1. The molecule has 3 N–H and O–H groups in total. The van der Waals surface area contributed by atoms with E-state index in [9.17, 15) is 24.6 Å². The molecule has 2 saturated heterocycles. The van der Waals surface area contributed by atoms with E-state index in [-0.39, 0.29) is 16.4 Å². The smallest absolute Gasteiger partial charge is 0.294 e. The molecule has 0 bridgehead atoms. The summed E-state index contributed by atoms with van der Waals surface area (Å²) in [4.78, 5) is 40.8. The monoisotopic (exact) mass is 455 g/mol. The third kappa shape index (κ3) is 4.71. The second-order valence-electron chi connectivity index (χ2n) is 7.18. The van der Waals surface area contributed by atoms with Gasteiger partial charge in [0.05, 0.1) is 29.5 Å². The Kier molecular flexibility index (Phi) is 6.33. The number of thioether (sulfide) groups is 1. The average Bonchev–Trinajstić information content (AvgIpc) is 3.04. The third-order valence-electron chi connectivity index (χ3n) is 5.00. The molecule has 0 spiro atoms. The van der Waals surface area contributed by atoms with Crippen LogP contribution in [0.5, 0.6) is 11.5 Å². The van der Waals surface area contributed by atoms with E-state index in [4.69, 9.17) is 4.74 Å². The summed E-state index contributed by atoms with van der Waals surface area (Å²) in [7, 11) is 0. The molecule has 0 saturated carbocycles. The fraction of sp³-hybridized carbons (Fsp3) is 0.227. The number of rotatable bonds is 5. The van der Waals surface area contributed by atoms with E-state index in [1.165, 1.54) is 24.3 Å². The molecule has 2 aliphatic heterocycles. The number of hydrogen-bond acceptors (Lipinski definition) is 8. The first-order chi connectivity index (χ1) is 15.4. The van der Waals surface area contributed by atoms with Gasteiger partial charge in [-0.25, -0.2) is 0 Å². The van der Waals surface area contributed by atoms with Gasteiger partial charge in [-0.15, -0.1) is 0 Å². The van der Waals surface area contributed by atoms with Crippen molar-refractivity contribution in [3.8, 4) is 11.5 Å².